The van der Waals surface area contributed by atoms with Crippen LogP contribution in [0.25, 0.3) is 0 Å². The molecule has 1 aliphatic heterocycles. The van der Waals surface area contributed by atoms with Crippen LogP contribution < -0.4 is 11.5 Å². The molecule has 0 aliphatic carbocycles. The normalized spacial score (nSPS) is 16.6. The largest absolute Gasteiger partial charge is 0.393 e. The van der Waals surface area contributed by atoms with E-state index >= 15 is 0 Å². The van der Waals surface area contributed by atoms with Gasteiger partial charge in [0.1, 0.15) is 0 Å². The van der Waals surface area contributed by atoms with E-state index in [1.165, 1.54) is 0 Å². The van der Waals surface area contributed by atoms with Gasteiger partial charge in [0.15, 0.2) is 0 Å². The van der Waals surface area contributed by atoms with Crippen LogP contribution in [0.15, 0.2) is 0 Å². The van der Waals surface area contributed by atoms with Crippen molar-refractivity contribution >= 4 is 29.0 Å². The molecule has 7 heteroatoms. The van der Waals surface area contributed by atoms with Crippen LogP contribution in [0.1, 0.15) is 32.1 Å². The second-order valence-electron chi connectivity index (χ2n) is 5.74. The molecular formula is C14H26N4O2S. The summed E-state index contributed by atoms with van der Waals surface area (Å²) in [5.41, 5.74) is 10.7. The minimum Gasteiger partial charge on any atom is -0.393 e. The lowest BCUT2D eigenvalue weighted by molar-refractivity contribution is -0.130. The quantitative estimate of drug-likeness (QED) is 0.620. The Bertz CT molecular complexity index is 381. The third-order valence-electron chi connectivity index (χ3n) is 3.96. The maximum Gasteiger partial charge on any atom is 0.223 e. The summed E-state index contributed by atoms with van der Waals surface area (Å²) in [6.07, 6.45) is 3.52. The fourth-order valence-corrected chi connectivity index (χ4v) is 2.64. The monoisotopic (exact) mass is 314 g/mol. The first-order valence-corrected chi connectivity index (χ1v) is 7.82. The zero-order valence-corrected chi connectivity index (χ0v) is 13.5. The molecule has 2 amide bonds. The molecule has 1 aliphatic rings. The number of rotatable bonds is 8. The summed E-state index contributed by atoms with van der Waals surface area (Å²) < 4.78 is 0. The van der Waals surface area contributed by atoms with Gasteiger partial charge in [-0.3, -0.25) is 9.59 Å². The number of hydrogen-bond donors (Lipinski definition) is 2. The van der Waals surface area contributed by atoms with E-state index in [1.807, 2.05) is 0 Å². The number of piperidine rings is 1. The van der Waals surface area contributed by atoms with Crippen LogP contribution in [0, 0.1) is 5.92 Å². The molecule has 120 valence electrons. The maximum atomic E-state index is 12.0. The molecule has 0 radical (unpaired) electrons. The molecule has 0 spiro atoms. The van der Waals surface area contributed by atoms with Crippen molar-refractivity contribution in [2.24, 2.45) is 17.4 Å². The van der Waals surface area contributed by atoms with Crippen molar-refractivity contribution in [1.29, 1.82) is 0 Å². The highest BCUT2D eigenvalue weighted by Gasteiger charge is 2.21. The highest BCUT2D eigenvalue weighted by molar-refractivity contribution is 7.80. The van der Waals surface area contributed by atoms with Crippen LogP contribution in [0.3, 0.4) is 0 Å². The van der Waals surface area contributed by atoms with Gasteiger partial charge in [-0.2, -0.15) is 0 Å². The number of amides is 2. The molecule has 0 bridgehead atoms. The van der Waals surface area contributed by atoms with Crippen molar-refractivity contribution < 1.29 is 9.59 Å². The summed E-state index contributed by atoms with van der Waals surface area (Å²) in [6.45, 7) is 3.21. The van der Waals surface area contributed by atoms with Crippen LogP contribution in [-0.4, -0.2) is 59.8 Å². The predicted molar refractivity (Wildman–Crippen MR) is 86.6 cm³/mol. The molecule has 21 heavy (non-hydrogen) atoms. The molecule has 0 saturated carbocycles. The molecule has 0 aromatic carbocycles. The first-order valence-electron chi connectivity index (χ1n) is 7.41. The number of primary amides is 1. The number of thiocarbonyl (C=S) groups is 1. The van der Waals surface area contributed by atoms with Crippen molar-refractivity contribution in [3.63, 3.8) is 0 Å². The lowest BCUT2D eigenvalue weighted by Crippen LogP contribution is -2.38. The SMILES string of the molecule is CN(CCC(N)=S)C(=O)CCN1CCC(CC(N)=O)CC1. The molecule has 6 nitrogen and oxygen atoms in total. The topological polar surface area (TPSA) is 92.7 Å². The van der Waals surface area contributed by atoms with Crippen molar-refractivity contribution in [1.82, 2.24) is 9.80 Å². The van der Waals surface area contributed by atoms with Gasteiger partial charge in [-0.25, -0.2) is 0 Å². The lowest BCUT2D eigenvalue weighted by atomic mass is 9.93. The van der Waals surface area contributed by atoms with E-state index in [1.54, 1.807) is 11.9 Å². The van der Waals surface area contributed by atoms with Gasteiger partial charge < -0.3 is 21.3 Å². The van der Waals surface area contributed by atoms with Crippen molar-refractivity contribution in [2.75, 3.05) is 33.2 Å². The number of nitrogens with zero attached hydrogens (tertiary/aromatic N) is 2. The van der Waals surface area contributed by atoms with Gasteiger partial charge in [0.2, 0.25) is 11.8 Å². The van der Waals surface area contributed by atoms with Crippen molar-refractivity contribution in [3.8, 4) is 0 Å². The molecular weight excluding hydrogens is 288 g/mol. The first kappa shape index (κ1) is 17.8. The molecule has 1 heterocycles. The van der Waals surface area contributed by atoms with E-state index < -0.39 is 0 Å². The Morgan fingerprint density at radius 3 is 2.38 bits per heavy atom. The number of hydrogen-bond acceptors (Lipinski definition) is 4. The van der Waals surface area contributed by atoms with E-state index in [4.69, 9.17) is 23.7 Å². The van der Waals surface area contributed by atoms with Crippen LogP contribution in [-0.2, 0) is 9.59 Å². The fraction of sp³-hybridized carbons (Fsp3) is 0.786. The molecule has 0 aromatic rings. The van der Waals surface area contributed by atoms with Crippen LogP contribution in [0.4, 0.5) is 0 Å². The van der Waals surface area contributed by atoms with Gasteiger partial charge in [0, 0.05) is 39.4 Å². The average molecular weight is 314 g/mol. The number of carbonyl (C=O) groups excluding carboxylic acids is 2. The van der Waals surface area contributed by atoms with E-state index in [9.17, 15) is 9.59 Å². The summed E-state index contributed by atoms with van der Waals surface area (Å²) in [5, 5.41) is 0. The second kappa shape index (κ2) is 8.94. The second-order valence-corrected chi connectivity index (χ2v) is 6.26. The van der Waals surface area contributed by atoms with Gasteiger partial charge >= 0.3 is 0 Å². The lowest BCUT2D eigenvalue weighted by Gasteiger charge is -2.31. The zero-order valence-electron chi connectivity index (χ0n) is 12.7. The van der Waals surface area contributed by atoms with E-state index in [0.717, 1.165) is 32.5 Å². The van der Waals surface area contributed by atoms with Crippen LogP contribution >= 0.6 is 12.2 Å². The Morgan fingerprint density at radius 1 is 1.24 bits per heavy atom. The van der Waals surface area contributed by atoms with Gasteiger partial charge in [0.25, 0.3) is 0 Å². The predicted octanol–water partition coefficient (Wildman–Crippen LogP) is 0.0985. The Morgan fingerprint density at radius 2 is 1.86 bits per heavy atom. The summed E-state index contributed by atoms with van der Waals surface area (Å²) in [4.78, 5) is 27.2. The molecule has 4 N–H and O–H groups in total. The summed E-state index contributed by atoms with van der Waals surface area (Å²) in [7, 11) is 1.78. The summed E-state index contributed by atoms with van der Waals surface area (Å²) in [5.74, 6) is 0.302. The molecule has 0 unspecified atom stereocenters. The third kappa shape index (κ3) is 7.38. The molecule has 1 fully saturated rings. The standard InChI is InChI=1S/C14H26N4O2S/c1-17(6-4-13(16)21)14(20)5-9-18-7-2-11(3-8-18)10-12(15)19/h11H,2-10H2,1H3,(H2,15,19)(H2,16,21). The molecule has 0 aromatic heterocycles. The van der Waals surface area contributed by atoms with Crippen molar-refractivity contribution in [2.45, 2.75) is 32.1 Å². The van der Waals surface area contributed by atoms with Gasteiger partial charge in [-0.1, -0.05) is 12.2 Å². The highest BCUT2D eigenvalue weighted by atomic mass is 32.1. The summed E-state index contributed by atoms with van der Waals surface area (Å²) >= 11 is 4.81. The molecule has 0 atom stereocenters. The van der Waals surface area contributed by atoms with Gasteiger partial charge in [-0.15, -0.1) is 0 Å². The third-order valence-corrected chi connectivity index (χ3v) is 4.16. The smallest absolute Gasteiger partial charge is 0.223 e. The first-order chi connectivity index (χ1) is 9.88. The minimum atomic E-state index is -0.219. The molecule has 1 saturated heterocycles. The highest BCUT2D eigenvalue weighted by Crippen LogP contribution is 2.20. The molecule has 1 rings (SSSR count). The van der Waals surface area contributed by atoms with Crippen LogP contribution in [0.2, 0.25) is 0 Å². The van der Waals surface area contributed by atoms with Crippen LogP contribution in [0.5, 0.6) is 0 Å². The van der Waals surface area contributed by atoms with Gasteiger partial charge in [-0.05, 0) is 31.8 Å². The Kier molecular flexibility index (Phi) is 7.60. The number of likely N-dealkylation sites (tertiary alicyclic amines) is 1. The number of carbonyl (C=O) groups is 2. The minimum absolute atomic E-state index is 0.116. The Balaban J connectivity index is 2.19. The summed E-state index contributed by atoms with van der Waals surface area (Å²) in [6, 6.07) is 0. The van der Waals surface area contributed by atoms with E-state index in [-0.39, 0.29) is 11.8 Å². The number of nitrogens with two attached hydrogens (primary N) is 2. The average Bonchev–Trinajstić information content (AvgIpc) is 2.43. The van der Waals surface area contributed by atoms with Crippen molar-refractivity contribution in [3.05, 3.63) is 0 Å². The van der Waals surface area contributed by atoms with E-state index in [2.05, 4.69) is 4.90 Å². The fourth-order valence-electron chi connectivity index (χ4n) is 2.55. The maximum absolute atomic E-state index is 12.0. The van der Waals surface area contributed by atoms with Gasteiger partial charge in [0.05, 0.1) is 4.99 Å². The Labute approximate surface area is 131 Å². The zero-order chi connectivity index (χ0) is 15.8. The Hall–Kier alpha value is -1.21. The van der Waals surface area contributed by atoms with E-state index in [0.29, 0.717) is 36.7 Å².